The van der Waals surface area contributed by atoms with Crippen molar-refractivity contribution in [2.45, 2.75) is 13.3 Å². The molecule has 4 nitrogen and oxygen atoms in total. The van der Waals surface area contributed by atoms with Crippen LogP contribution in [-0.2, 0) is 6.42 Å². The van der Waals surface area contributed by atoms with Crippen molar-refractivity contribution >= 4 is 27.8 Å². The fraction of sp³-hybridized carbons (Fsp3) is 0.200. The van der Waals surface area contributed by atoms with Crippen molar-refractivity contribution in [1.29, 1.82) is 0 Å². The van der Waals surface area contributed by atoms with Crippen molar-refractivity contribution in [3.05, 3.63) is 46.7 Å². The molecule has 0 bridgehead atoms. The van der Waals surface area contributed by atoms with Gasteiger partial charge in [0.2, 0.25) is 0 Å². The summed E-state index contributed by atoms with van der Waals surface area (Å²) in [6.45, 7) is 2.62. The minimum atomic E-state index is 0.601. The highest BCUT2D eigenvalue weighted by molar-refractivity contribution is 7.09. The van der Waals surface area contributed by atoms with Gasteiger partial charge in [-0.05, 0) is 25.1 Å². The van der Waals surface area contributed by atoms with Crippen LogP contribution in [0.2, 0.25) is 0 Å². The van der Waals surface area contributed by atoms with Gasteiger partial charge in [-0.2, -0.15) is 0 Å². The first-order valence-corrected chi connectivity index (χ1v) is 7.27. The van der Waals surface area contributed by atoms with Crippen LogP contribution in [0.4, 0.5) is 5.69 Å². The van der Waals surface area contributed by atoms with Crippen molar-refractivity contribution in [2.75, 3.05) is 12.3 Å². The maximum atomic E-state index is 6.15. The van der Waals surface area contributed by atoms with Gasteiger partial charge in [0.1, 0.15) is 5.75 Å². The summed E-state index contributed by atoms with van der Waals surface area (Å²) in [6.07, 6.45) is 4.39. The summed E-state index contributed by atoms with van der Waals surface area (Å²) in [5, 5.41) is 2.00. The van der Waals surface area contributed by atoms with Gasteiger partial charge < -0.3 is 10.5 Å². The zero-order valence-corrected chi connectivity index (χ0v) is 12.0. The Labute approximate surface area is 121 Å². The molecule has 0 atom stereocenters. The Bertz CT molecular complexity index is 739. The minimum Gasteiger partial charge on any atom is -0.491 e. The number of anilines is 1. The van der Waals surface area contributed by atoms with Crippen molar-refractivity contribution in [3.8, 4) is 5.75 Å². The largest absolute Gasteiger partial charge is 0.491 e. The first kappa shape index (κ1) is 12.9. The second kappa shape index (κ2) is 5.46. The molecule has 0 saturated heterocycles. The van der Waals surface area contributed by atoms with E-state index in [0.29, 0.717) is 12.3 Å². The quantitative estimate of drug-likeness (QED) is 0.748. The third kappa shape index (κ3) is 2.44. The molecule has 2 N–H and O–H groups in total. The summed E-state index contributed by atoms with van der Waals surface area (Å²) < 4.78 is 5.81. The van der Waals surface area contributed by atoms with E-state index in [1.165, 1.54) is 4.88 Å². The van der Waals surface area contributed by atoms with Crippen LogP contribution in [0.15, 0.2) is 36.1 Å². The van der Waals surface area contributed by atoms with Crippen LogP contribution < -0.4 is 10.5 Å². The van der Waals surface area contributed by atoms with Gasteiger partial charge in [-0.25, -0.2) is 4.98 Å². The lowest BCUT2D eigenvalue weighted by atomic mass is 10.1. The van der Waals surface area contributed by atoms with Crippen LogP contribution in [0, 0.1) is 6.92 Å². The third-order valence-corrected chi connectivity index (χ3v) is 4.25. The molecule has 0 radical (unpaired) electrons. The molecular formula is C15H15N3OS. The van der Waals surface area contributed by atoms with E-state index < -0.39 is 0 Å². The van der Waals surface area contributed by atoms with E-state index in [1.54, 1.807) is 23.7 Å². The average Bonchev–Trinajstić information content (AvgIpc) is 2.87. The average molecular weight is 285 g/mol. The molecule has 0 aliphatic carbocycles. The summed E-state index contributed by atoms with van der Waals surface area (Å²) >= 11 is 1.66. The zero-order valence-electron chi connectivity index (χ0n) is 11.2. The van der Waals surface area contributed by atoms with Crippen LogP contribution in [0.5, 0.6) is 5.75 Å². The summed E-state index contributed by atoms with van der Waals surface area (Å²) in [5.41, 5.74) is 9.76. The number of fused-ring (bicyclic) bond motifs is 1. The van der Waals surface area contributed by atoms with E-state index in [1.807, 2.05) is 30.6 Å². The molecule has 0 unspecified atom stereocenters. The van der Waals surface area contributed by atoms with Crippen molar-refractivity contribution in [2.24, 2.45) is 0 Å². The molecule has 2 aromatic heterocycles. The molecule has 0 aliphatic heterocycles. The Morgan fingerprint density at radius 1 is 1.30 bits per heavy atom. The number of nitrogens with two attached hydrogens (primary N) is 1. The number of thiazole rings is 1. The van der Waals surface area contributed by atoms with E-state index in [2.05, 4.69) is 9.97 Å². The molecule has 5 heteroatoms. The van der Waals surface area contributed by atoms with Crippen molar-refractivity contribution in [3.63, 3.8) is 0 Å². The minimum absolute atomic E-state index is 0.601. The molecule has 0 aliphatic rings. The van der Waals surface area contributed by atoms with Gasteiger partial charge in [0.15, 0.2) is 0 Å². The second-order valence-electron chi connectivity index (χ2n) is 4.53. The fourth-order valence-electron chi connectivity index (χ4n) is 2.12. The van der Waals surface area contributed by atoms with Crippen LogP contribution >= 0.6 is 11.3 Å². The van der Waals surface area contributed by atoms with E-state index >= 15 is 0 Å². The van der Waals surface area contributed by atoms with Gasteiger partial charge in [-0.15, -0.1) is 11.3 Å². The number of aromatic nitrogens is 2. The molecule has 1 aromatic carbocycles. The van der Waals surface area contributed by atoms with E-state index in [9.17, 15) is 0 Å². The molecule has 0 fully saturated rings. The topological polar surface area (TPSA) is 61.0 Å². The van der Waals surface area contributed by atoms with Crippen LogP contribution in [0.3, 0.4) is 0 Å². The summed E-state index contributed by atoms with van der Waals surface area (Å²) in [4.78, 5) is 9.58. The SMILES string of the molecule is Cc1ncsc1CCOc1ccc2cnccc2c1N. The van der Waals surface area contributed by atoms with E-state index in [0.717, 1.165) is 28.6 Å². The number of hydrogen-bond acceptors (Lipinski definition) is 5. The number of nitrogen functional groups attached to an aromatic ring is 1. The van der Waals surface area contributed by atoms with Crippen LogP contribution in [-0.4, -0.2) is 16.6 Å². The lowest BCUT2D eigenvalue weighted by molar-refractivity contribution is 0.325. The van der Waals surface area contributed by atoms with Crippen LogP contribution in [0.25, 0.3) is 10.8 Å². The summed E-state index contributed by atoms with van der Waals surface area (Å²) in [7, 11) is 0. The van der Waals surface area contributed by atoms with Crippen molar-refractivity contribution in [1.82, 2.24) is 9.97 Å². The number of nitrogens with zero attached hydrogens (tertiary/aromatic N) is 2. The number of aryl methyl sites for hydroxylation is 1. The second-order valence-corrected chi connectivity index (χ2v) is 5.47. The molecule has 3 aromatic rings. The maximum Gasteiger partial charge on any atom is 0.142 e. The normalized spacial score (nSPS) is 10.8. The van der Waals surface area contributed by atoms with Crippen LogP contribution in [0.1, 0.15) is 10.6 Å². The molecule has 102 valence electrons. The number of benzene rings is 1. The highest BCUT2D eigenvalue weighted by Gasteiger charge is 2.06. The molecule has 0 saturated carbocycles. The third-order valence-electron chi connectivity index (χ3n) is 3.25. The Morgan fingerprint density at radius 3 is 3.00 bits per heavy atom. The Hall–Kier alpha value is -2.14. The lowest BCUT2D eigenvalue weighted by Crippen LogP contribution is -2.03. The van der Waals surface area contributed by atoms with Gasteiger partial charge in [-0.3, -0.25) is 4.98 Å². The van der Waals surface area contributed by atoms with Gasteiger partial charge in [0.25, 0.3) is 0 Å². The Kier molecular flexibility index (Phi) is 3.52. The number of pyridine rings is 1. The molecule has 2 heterocycles. The number of hydrogen-bond donors (Lipinski definition) is 1. The van der Waals surface area contributed by atoms with Gasteiger partial charge in [0.05, 0.1) is 23.5 Å². The molecular weight excluding hydrogens is 270 g/mol. The van der Waals surface area contributed by atoms with Crippen molar-refractivity contribution < 1.29 is 4.74 Å². The first-order chi connectivity index (χ1) is 9.75. The zero-order chi connectivity index (χ0) is 13.9. The standard InChI is InChI=1S/C15H15N3OS/c1-10-14(20-9-18-10)5-7-19-13-3-2-11-8-17-6-4-12(11)15(13)16/h2-4,6,8-9H,5,7,16H2,1H3. The smallest absolute Gasteiger partial charge is 0.142 e. The fourth-order valence-corrected chi connectivity index (χ4v) is 2.88. The monoisotopic (exact) mass is 285 g/mol. The predicted molar refractivity (Wildman–Crippen MR) is 82.2 cm³/mol. The van der Waals surface area contributed by atoms with E-state index in [-0.39, 0.29) is 0 Å². The molecule has 0 spiro atoms. The maximum absolute atomic E-state index is 6.15. The highest BCUT2D eigenvalue weighted by atomic mass is 32.1. The van der Waals surface area contributed by atoms with Gasteiger partial charge >= 0.3 is 0 Å². The molecule has 3 rings (SSSR count). The number of ether oxygens (including phenoxy) is 1. The Morgan fingerprint density at radius 2 is 2.20 bits per heavy atom. The lowest BCUT2D eigenvalue weighted by Gasteiger charge is -2.10. The summed E-state index contributed by atoms with van der Waals surface area (Å²) in [5.74, 6) is 0.728. The Balaban J connectivity index is 1.75. The molecule has 20 heavy (non-hydrogen) atoms. The van der Waals surface area contributed by atoms with E-state index in [4.69, 9.17) is 10.5 Å². The predicted octanol–water partition coefficient (Wildman–Crippen LogP) is 3.20. The van der Waals surface area contributed by atoms with Gasteiger partial charge in [0, 0.05) is 34.5 Å². The number of rotatable bonds is 4. The molecule has 0 amide bonds. The first-order valence-electron chi connectivity index (χ1n) is 6.39. The highest BCUT2D eigenvalue weighted by Crippen LogP contribution is 2.30. The summed E-state index contributed by atoms with van der Waals surface area (Å²) in [6, 6.07) is 5.79. The van der Waals surface area contributed by atoms with Gasteiger partial charge in [-0.1, -0.05) is 0 Å².